The first-order valence-electron chi connectivity index (χ1n) is 5.30. The summed E-state index contributed by atoms with van der Waals surface area (Å²) in [5.41, 5.74) is 0. The van der Waals surface area contributed by atoms with Gasteiger partial charge < -0.3 is 9.47 Å². The fourth-order valence-corrected chi connectivity index (χ4v) is 1.95. The number of rotatable bonds is 3. The van der Waals surface area contributed by atoms with E-state index in [0.29, 0.717) is 6.10 Å². The largest absolute Gasteiger partial charge is 0.381 e. The first-order chi connectivity index (χ1) is 6.38. The Labute approximate surface area is 80.0 Å². The first kappa shape index (κ1) is 9.44. The van der Waals surface area contributed by atoms with E-state index >= 15 is 0 Å². The normalized spacial score (nSPS) is 31.6. The van der Waals surface area contributed by atoms with Gasteiger partial charge in [0.15, 0.2) is 0 Å². The Kier molecular flexibility index (Phi) is 3.19. The van der Waals surface area contributed by atoms with Crippen LogP contribution in [0.25, 0.3) is 0 Å². The highest BCUT2D eigenvalue weighted by Crippen LogP contribution is 2.15. The van der Waals surface area contributed by atoms with Gasteiger partial charge in [-0.2, -0.15) is 0 Å². The highest BCUT2D eigenvalue weighted by Gasteiger charge is 2.25. The van der Waals surface area contributed by atoms with Gasteiger partial charge in [-0.1, -0.05) is 6.92 Å². The predicted molar refractivity (Wildman–Crippen MR) is 50.8 cm³/mol. The molecule has 2 rings (SSSR count). The van der Waals surface area contributed by atoms with Gasteiger partial charge in [0.2, 0.25) is 0 Å². The number of morpholine rings is 1. The maximum absolute atomic E-state index is 5.62. The van der Waals surface area contributed by atoms with Crippen LogP contribution >= 0.6 is 0 Å². The highest BCUT2D eigenvalue weighted by atomic mass is 16.5. The molecule has 2 fully saturated rings. The van der Waals surface area contributed by atoms with E-state index < -0.39 is 0 Å². The van der Waals surface area contributed by atoms with Crippen molar-refractivity contribution in [1.29, 1.82) is 0 Å². The molecule has 2 heterocycles. The van der Waals surface area contributed by atoms with Crippen LogP contribution in [0, 0.1) is 5.92 Å². The fraction of sp³-hybridized carbons (Fsp3) is 1.00. The second-order valence-corrected chi connectivity index (χ2v) is 4.06. The lowest BCUT2D eigenvalue weighted by molar-refractivity contribution is -0.0766. The molecule has 2 saturated heterocycles. The second-order valence-electron chi connectivity index (χ2n) is 4.06. The van der Waals surface area contributed by atoms with Crippen molar-refractivity contribution in [2.45, 2.75) is 19.4 Å². The predicted octanol–water partition coefficient (Wildman–Crippen LogP) is 0.744. The van der Waals surface area contributed by atoms with Gasteiger partial charge in [0, 0.05) is 25.6 Å². The zero-order valence-electron chi connectivity index (χ0n) is 8.37. The Bertz CT molecular complexity index is 157. The summed E-state index contributed by atoms with van der Waals surface area (Å²) < 4.78 is 10.8. The summed E-state index contributed by atoms with van der Waals surface area (Å²) in [4.78, 5) is 2.52. The van der Waals surface area contributed by atoms with Crippen molar-refractivity contribution in [3.63, 3.8) is 0 Å². The van der Waals surface area contributed by atoms with E-state index in [0.717, 1.165) is 45.2 Å². The van der Waals surface area contributed by atoms with Crippen LogP contribution in [0.2, 0.25) is 0 Å². The average Bonchev–Trinajstić information content (AvgIpc) is 2.12. The van der Waals surface area contributed by atoms with Crippen LogP contribution in [-0.2, 0) is 9.47 Å². The van der Waals surface area contributed by atoms with Crippen LogP contribution in [-0.4, -0.2) is 50.5 Å². The van der Waals surface area contributed by atoms with Crippen LogP contribution in [0.1, 0.15) is 13.3 Å². The van der Waals surface area contributed by atoms with Gasteiger partial charge in [-0.05, 0) is 6.42 Å². The molecule has 0 aliphatic carbocycles. The fourth-order valence-electron chi connectivity index (χ4n) is 1.95. The maximum Gasteiger partial charge on any atom is 0.0700 e. The second kappa shape index (κ2) is 4.40. The lowest BCUT2D eigenvalue weighted by atomic mass is 10.1. The average molecular weight is 185 g/mol. The van der Waals surface area contributed by atoms with Gasteiger partial charge >= 0.3 is 0 Å². The molecule has 3 heteroatoms. The topological polar surface area (TPSA) is 21.7 Å². The minimum atomic E-state index is 0.467. The molecule has 0 saturated carbocycles. The molecule has 0 N–H and O–H groups in total. The Hall–Kier alpha value is -0.120. The van der Waals surface area contributed by atoms with Crippen molar-refractivity contribution in [3.05, 3.63) is 0 Å². The molecule has 1 atom stereocenters. The Morgan fingerprint density at radius 3 is 2.85 bits per heavy atom. The van der Waals surface area contributed by atoms with E-state index in [-0.39, 0.29) is 0 Å². The van der Waals surface area contributed by atoms with Gasteiger partial charge in [-0.25, -0.2) is 0 Å². The van der Waals surface area contributed by atoms with Crippen LogP contribution in [0.3, 0.4) is 0 Å². The molecule has 0 radical (unpaired) electrons. The molecule has 0 amide bonds. The Morgan fingerprint density at radius 1 is 1.38 bits per heavy atom. The molecule has 0 aromatic rings. The molecule has 76 valence electrons. The maximum atomic E-state index is 5.62. The summed E-state index contributed by atoms with van der Waals surface area (Å²) in [7, 11) is 0. The summed E-state index contributed by atoms with van der Waals surface area (Å²) >= 11 is 0. The van der Waals surface area contributed by atoms with Crippen molar-refractivity contribution >= 4 is 0 Å². The van der Waals surface area contributed by atoms with Crippen molar-refractivity contribution in [3.8, 4) is 0 Å². The summed E-state index contributed by atoms with van der Waals surface area (Å²) in [5, 5.41) is 0. The van der Waals surface area contributed by atoms with E-state index in [9.17, 15) is 0 Å². The molecule has 0 bridgehead atoms. The number of hydrogen-bond donors (Lipinski definition) is 0. The van der Waals surface area contributed by atoms with Crippen molar-refractivity contribution < 1.29 is 9.47 Å². The summed E-state index contributed by atoms with van der Waals surface area (Å²) in [5.74, 6) is 0.788. The quantitative estimate of drug-likeness (QED) is 0.647. The lowest BCUT2D eigenvalue weighted by Crippen LogP contribution is -2.47. The SMILES string of the molecule is CCC1CN(CC2COC2)CCO1. The van der Waals surface area contributed by atoms with E-state index in [1.54, 1.807) is 0 Å². The number of ether oxygens (including phenoxy) is 2. The monoisotopic (exact) mass is 185 g/mol. The molecule has 0 aromatic carbocycles. The standard InChI is InChI=1S/C10H19NO2/c1-2-10-6-11(3-4-13-10)5-9-7-12-8-9/h9-10H,2-8H2,1H3. The van der Waals surface area contributed by atoms with E-state index in [4.69, 9.17) is 9.47 Å². The van der Waals surface area contributed by atoms with Crippen molar-refractivity contribution in [1.82, 2.24) is 4.90 Å². The third kappa shape index (κ3) is 2.42. The molecular formula is C10H19NO2. The Morgan fingerprint density at radius 2 is 2.23 bits per heavy atom. The lowest BCUT2D eigenvalue weighted by Gasteiger charge is -2.37. The van der Waals surface area contributed by atoms with Crippen LogP contribution in [0.4, 0.5) is 0 Å². The van der Waals surface area contributed by atoms with E-state index in [1.807, 2.05) is 0 Å². The zero-order valence-corrected chi connectivity index (χ0v) is 8.37. The molecular weight excluding hydrogens is 166 g/mol. The van der Waals surface area contributed by atoms with Crippen molar-refractivity contribution in [2.75, 3.05) is 39.5 Å². The van der Waals surface area contributed by atoms with Crippen LogP contribution in [0.15, 0.2) is 0 Å². The van der Waals surface area contributed by atoms with E-state index in [2.05, 4.69) is 11.8 Å². The van der Waals surface area contributed by atoms with E-state index in [1.165, 1.54) is 6.54 Å². The van der Waals surface area contributed by atoms with Crippen molar-refractivity contribution in [2.24, 2.45) is 5.92 Å². The van der Waals surface area contributed by atoms with Gasteiger partial charge in [-0.3, -0.25) is 4.90 Å². The summed E-state index contributed by atoms with van der Waals surface area (Å²) in [6, 6.07) is 0. The number of nitrogens with zero attached hydrogens (tertiary/aromatic N) is 1. The third-order valence-corrected chi connectivity index (χ3v) is 2.90. The molecule has 0 spiro atoms. The molecule has 2 aliphatic rings. The first-order valence-corrected chi connectivity index (χ1v) is 5.30. The summed E-state index contributed by atoms with van der Waals surface area (Å²) in [6.45, 7) is 8.47. The zero-order chi connectivity index (χ0) is 9.10. The van der Waals surface area contributed by atoms with Gasteiger partial charge in [0.25, 0.3) is 0 Å². The van der Waals surface area contributed by atoms with Gasteiger partial charge in [-0.15, -0.1) is 0 Å². The molecule has 1 unspecified atom stereocenters. The molecule has 13 heavy (non-hydrogen) atoms. The molecule has 0 aromatic heterocycles. The smallest absolute Gasteiger partial charge is 0.0700 e. The Balaban J connectivity index is 1.71. The molecule has 3 nitrogen and oxygen atoms in total. The minimum Gasteiger partial charge on any atom is -0.381 e. The van der Waals surface area contributed by atoms with Gasteiger partial charge in [0.1, 0.15) is 0 Å². The summed E-state index contributed by atoms with van der Waals surface area (Å²) in [6.07, 6.45) is 1.60. The highest BCUT2D eigenvalue weighted by molar-refractivity contribution is 4.75. The van der Waals surface area contributed by atoms with Gasteiger partial charge in [0.05, 0.1) is 25.9 Å². The minimum absolute atomic E-state index is 0.467. The molecule has 2 aliphatic heterocycles. The van der Waals surface area contributed by atoms with Crippen LogP contribution in [0.5, 0.6) is 0 Å². The van der Waals surface area contributed by atoms with Crippen LogP contribution < -0.4 is 0 Å². The number of hydrogen-bond acceptors (Lipinski definition) is 3. The third-order valence-electron chi connectivity index (χ3n) is 2.90.